The van der Waals surface area contributed by atoms with Crippen molar-refractivity contribution in [2.75, 3.05) is 20.8 Å². The molecule has 2 heterocycles. The highest BCUT2D eigenvalue weighted by Crippen LogP contribution is 2.27. The summed E-state index contributed by atoms with van der Waals surface area (Å²) in [5.41, 5.74) is 3.30. The van der Waals surface area contributed by atoms with Crippen molar-refractivity contribution in [3.8, 4) is 11.5 Å². The molecule has 0 fully saturated rings. The molecule has 176 valence electrons. The Morgan fingerprint density at radius 3 is 2.68 bits per heavy atom. The number of aromatic nitrogens is 5. The molecular weight excluding hydrogens is 436 g/mol. The number of amides is 1. The smallest absolute Gasteiger partial charge is 0.272 e. The Bertz CT molecular complexity index is 1380. The number of rotatable bonds is 9. The molecule has 0 saturated carbocycles. The summed E-state index contributed by atoms with van der Waals surface area (Å²) in [5, 5.41) is 11.1. The number of ether oxygens (including phenoxy) is 2. The van der Waals surface area contributed by atoms with Gasteiger partial charge in [0.2, 0.25) is 5.91 Å². The fraction of sp³-hybridized carbons (Fsp3) is 0.292. The molecule has 34 heavy (non-hydrogen) atoms. The average molecular weight is 463 g/mol. The minimum Gasteiger partial charge on any atom is -0.493 e. The van der Waals surface area contributed by atoms with Gasteiger partial charge in [-0.15, -0.1) is 5.10 Å². The van der Waals surface area contributed by atoms with Crippen LogP contribution in [0.25, 0.3) is 11.0 Å². The number of hydrogen-bond acceptors (Lipinski definition) is 7. The van der Waals surface area contributed by atoms with Gasteiger partial charge in [-0.1, -0.05) is 23.4 Å². The number of hydrogen-bond donors (Lipinski definition) is 1. The van der Waals surface area contributed by atoms with Gasteiger partial charge in [0.15, 0.2) is 11.5 Å². The molecule has 1 amide bonds. The lowest BCUT2D eigenvalue weighted by Gasteiger charge is -2.10. The lowest BCUT2D eigenvalue weighted by molar-refractivity contribution is -0.121. The van der Waals surface area contributed by atoms with Crippen molar-refractivity contribution < 1.29 is 14.3 Å². The minimum absolute atomic E-state index is 0.0317. The molecule has 10 nitrogen and oxygen atoms in total. The molecule has 0 aliphatic heterocycles. The lowest BCUT2D eigenvalue weighted by atomic mass is 10.1. The van der Waals surface area contributed by atoms with Gasteiger partial charge in [0.25, 0.3) is 5.56 Å². The molecule has 0 bridgehead atoms. The fourth-order valence-electron chi connectivity index (χ4n) is 3.71. The van der Waals surface area contributed by atoms with E-state index in [2.05, 4.69) is 20.6 Å². The van der Waals surface area contributed by atoms with E-state index in [1.807, 2.05) is 42.5 Å². The maximum absolute atomic E-state index is 12.6. The van der Waals surface area contributed by atoms with Crippen LogP contribution in [-0.4, -0.2) is 51.2 Å². The van der Waals surface area contributed by atoms with E-state index in [-0.39, 0.29) is 24.6 Å². The molecule has 0 spiro atoms. The quantitative estimate of drug-likeness (QED) is 0.403. The van der Waals surface area contributed by atoms with Crippen molar-refractivity contribution in [2.24, 2.45) is 0 Å². The van der Waals surface area contributed by atoms with Crippen LogP contribution in [0.1, 0.15) is 17.0 Å². The first kappa shape index (κ1) is 23.0. The summed E-state index contributed by atoms with van der Waals surface area (Å²) in [6.45, 7) is 2.43. The Hall–Kier alpha value is -4.21. The van der Waals surface area contributed by atoms with Crippen LogP contribution in [-0.2, 0) is 24.3 Å². The minimum atomic E-state index is -0.181. The van der Waals surface area contributed by atoms with Crippen molar-refractivity contribution in [3.05, 3.63) is 76.0 Å². The van der Waals surface area contributed by atoms with Gasteiger partial charge in [-0.2, -0.15) is 0 Å². The molecule has 0 saturated heterocycles. The zero-order chi connectivity index (χ0) is 24.1. The van der Waals surface area contributed by atoms with Crippen LogP contribution in [0.5, 0.6) is 11.5 Å². The van der Waals surface area contributed by atoms with E-state index < -0.39 is 0 Å². The van der Waals surface area contributed by atoms with E-state index in [4.69, 9.17) is 9.47 Å². The van der Waals surface area contributed by atoms with Gasteiger partial charge in [0, 0.05) is 6.54 Å². The molecule has 10 heteroatoms. The number of methoxy groups -OCH3 is 2. The summed E-state index contributed by atoms with van der Waals surface area (Å²) in [6.07, 6.45) is 2.32. The van der Waals surface area contributed by atoms with E-state index in [1.165, 1.54) is 4.68 Å². The Labute approximate surface area is 196 Å². The number of fused-ring (bicyclic) bond motifs is 1. The van der Waals surface area contributed by atoms with E-state index in [0.29, 0.717) is 35.9 Å². The molecule has 4 aromatic rings. The molecule has 0 unspecified atom stereocenters. The highest BCUT2D eigenvalue weighted by Gasteiger charge is 2.12. The van der Waals surface area contributed by atoms with Gasteiger partial charge in [-0.05, 0) is 43.2 Å². The SMILES string of the molecule is COc1ccc(CCNC(=O)Cn2cc(Cn3c(=O)c(C)nc4ccccc43)nn2)cc1OC. The van der Waals surface area contributed by atoms with Gasteiger partial charge >= 0.3 is 0 Å². The van der Waals surface area contributed by atoms with E-state index in [9.17, 15) is 9.59 Å². The summed E-state index contributed by atoms with van der Waals surface area (Å²) >= 11 is 0. The number of carbonyl (C=O) groups is 1. The second-order valence-corrected chi connectivity index (χ2v) is 7.77. The van der Waals surface area contributed by atoms with Crippen LogP contribution in [0.3, 0.4) is 0 Å². The normalized spacial score (nSPS) is 10.9. The Balaban J connectivity index is 1.36. The average Bonchev–Trinajstić information content (AvgIpc) is 3.28. The second kappa shape index (κ2) is 10.2. The Morgan fingerprint density at radius 1 is 1.09 bits per heavy atom. The van der Waals surface area contributed by atoms with Crippen molar-refractivity contribution in [1.82, 2.24) is 29.9 Å². The number of carbonyl (C=O) groups excluding carboxylic acids is 1. The van der Waals surface area contributed by atoms with Crippen LogP contribution < -0.4 is 20.3 Å². The molecule has 4 rings (SSSR count). The van der Waals surface area contributed by atoms with E-state index in [0.717, 1.165) is 16.6 Å². The van der Waals surface area contributed by atoms with Crippen LogP contribution in [0.4, 0.5) is 0 Å². The first-order chi connectivity index (χ1) is 16.5. The summed E-state index contributed by atoms with van der Waals surface area (Å²) in [5.74, 6) is 1.13. The number of benzene rings is 2. The Kier molecular flexibility index (Phi) is 6.86. The molecule has 1 N–H and O–H groups in total. The van der Waals surface area contributed by atoms with Gasteiger partial charge in [0.1, 0.15) is 17.9 Å². The first-order valence-corrected chi connectivity index (χ1v) is 10.8. The monoisotopic (exact) mass is 462 g/mol. The summed E-state index contributed by atoms with van der Waals surface area (Å²) in [4.78, 5) is 29.4. The molecule has 2 aromatic heterocycles. The van der Waals surface area contributed by atoms with Crippen molar-refractivity contribution >= 4 is 16.9 Å². The molecule has 0 radical (unpaired) electrons. The predicted octanol–water partition coefficient (Wildman–Crippen LogP) is 1.72. The summed E-state index contributed by atoms with van der Waals surface area (Å²) in [6, 6.07) is 13.1. The third-order valence-corrected chi connectivity index (χ3v) is 5.41. The molecule has 0 aliphatic rings. The van der Waals surface area contributed by atoms with E-state index in [1.54, 1.807) is 31.9 Å². The topological polar surface area (TPSA) is 113 Å². The van der Waals surface area contributed by atoms with E-state index >= 15 is 0 Å². The molecular formula is C24H26N6O4. The van der Waals surface area contributed by atoms with Crippen LogP contribution in [0, 0.1) is 6.92 Å². The largest absolute Gasteiger partial charge is 0.493 e. The number of aryl methyl sites for hydroxylation is 1. The zero-order valence-electron chi connectivity index (χ0n) is 19.3. The van der Waals surface area contributed by atoms with Crippen molar-refractivity contribution in [2.45, 2.75) is 26.4 Å². The zero-order valence-corrected chi connectivity index (χ0v) is 19.3. The third kappa shape index (κ3) is 5.06. The van der Waals surface area contributed by atoms with Crippen LogP contribution in [0.2, 0.25) is 0 Å². The summed E-state index contributed by atoms with van der Waals surface area (Å²) in [7, 11) is 3.18. The van der Waals surface area contributed by atoms with Crippen molar-refractivity contribution in [1.29, 1.82) is 0 Å². The number of nitrogens with zero attached hydrogens (tertiary/aromatic N) is 5. The third-order valence-electron chi connectivity index (χ3n) is 5.41. The fourth-order valence-corrected chi connectivity index (χ4v) is 3.71. The molecule has 0 atom stereocenters. The van der Waals surface area contributed by atoms with Crippen LogP contribution in [0.15, 0.2) is 53.5 Å². The van der Waals surface area contributed by atoms with Gasteiger partial charge in [-0.25, -0.2) is 9.67 Å². The van der Waals surface area contributed by atoms with Gasteiger partial charge in [-0.3, -0.25) is 14.2 Å². The predicted molar refractivity (Wildman–Crippen MR) is 126 cm³/mol. The first-order valence-electron chi connectivity index (χ1n) is 10.8. The van der Waals surface area contributed by atoms with Gasteiger partial charge < -0.3 is 14.8 Å². The Morgan fingerprint density at radius 2 is 1.88 bits per heavy atom. The highest BCUT2D eigenvalue weighted by molar-refractivity contribution is 5.75. The lowest BCUT2D eigenvalue weighted by Crippen LogP contribution is -2.29. The summed E-state index contributed by atoms with van der Waals surface area (Å²) < 4.78 is 13.6. The number of nitrogens with one attached hydrogen (secondary N) is 1. The molecule has 0 aliphatic carbocycles. The highest BCUT2D eigenvalue weighted by atomic mass is 16.5. The number of para-hydroxylation sites is 2. The van der Waals surface area contributed by atoms with Crippen molar-refractivity contribution in [3.63, 3.8) is 0 Å². The maximum atomic E-state index is 12.6. The maximum Gasteiger partial charge on any atom is 0.272 e. The van der Waals surface area contributed by atoms with Gasteiger partial charge in [0.05, 0.1) is 38.0 Å². The van der Waals surface area contributed by atoms with Crippen LogP contribution >= 0.6 is 0 Å². The second-order valence-electron chi connectivity index (χ2n) is 7.77. The standard InChI is InChI=1S/C24H26N6O4/c1-16-24(32)30(20-7-5-4-6-19(20)26-16)14-18-13-29(28-27-18)15-23(31)25-11-10-17-8-9-21(33-2)22(12-17)34-3/h4-9,12-13H,10-11,14-15H2,1-3H3,(H,25,31). The molecule has 2 aromatic carbocycles.